The average molecular weight is 407 g/mol. The van der Waals surface area contributed by atoms with Crippen molar-refractivity contribution in [2.24, 2.45) is 5.92 Å². The fourth-order valence-electron chi connectivity index (χ4n) is 3.24. The SMILES string of the molecule is Cc1ccc(S(=O)(=O)N2CCC[C@@H](C(=O)Nc3ccc(Cl)cc3C)C2)cc1. The van der Waals surface area contributed by atoms with E-state index < -0.39 is 10.0 Å². The summed E-state index contributed by atoms with van der Waals surface area (Å²) in [6.45, 7) is 4.40. The van der Waals surface area contributed by atoms with Gasteiger partial charge in [-0.3, -0.25) is 4.79 Å². The number of nitrogens with zero attached hydrogens (tertiary/aromatic N) is 1. The van der Waals surface area contributed by atoms with Crippen LogP contribution < -0.4 is 5.32 Å². The van der Waals surface area contributed by atoms with Crippen LogP contribution >= 0.6 is 11.6 Å². The first kappa shape index (κ1) is 19.9. The Morgan fingerprint density at radius 3 is 2.52 bits per heavy atom. The molecular formula is C20H23ClN2O3S. The lowest BCUT2D eigenvalue weighted by molar-refractivity contribution is -0.120. The van der Waals surface area contributed by atoms with Gasteiger partial charge in [0.15, 0.2) is 0 Å². The summed E-state index contributed by atoms with van der Waals surface area (Å²) >= 11 is 5.95. The van der Waals surface area contributed by atoms with Crippen molar-refractivity contribution < 1.29 is 13.2 Å². The topological polar surface area (TPSA) is 66.5 Å². The van der Waals surface area contributed by atoms with Gasteiger partial charge >= 0.3 is 0 Å². The molecule has 0 bridgehead atoms. The third kappa shape index (κ3) is 4.51. The van der Waals surface area contributed by atoms with Gasteiger partial charge in [-0.15, -0.1) is 0 Å². The largest absolute Gasteiger partial charge is 0.326 e. The second-order valence-corrected chi connectivity index (χ2v) is 9.34. The molecule has 1 amide bonds. The second kappa shape index (κ2) is 8.00. The Hall–Kier alpha value is -1.89. The van der Waals surface area contributed by atoms with E-state index in [0.29, 0.717) is 30.1 Å². The van der Waals surface area contributed by atoms with Gasteiger partial charge in [0.1, 0.15) is 0 Å². The summed E-state index contributed by atoms with van der Waals surface area (Å²) in [6.07, 6.45) is 1.32. The molecule has 5 nitrogen and oxygen atoms in total. The summed E-state index contributed by atoms with van der Waals surface area (Å²) < 4.78 is 27.2. The number of aryl methyl sites for hydroxylation is 2. The normalized spacial score (nSPS) is 18.3. The van der Waals surface area contributed by atoms with Crippen molar-refractivity contribution in [3.05, 3.63) is 58.6 Å². The molecule has 1 saturated heterocycles. The number of hydrogen-bond donors (Lipinski definition) is 1. The molecule has 1 N–H and O–H groups in total. The van der Waals surface area contributed by atoms with Crippen LogP contribution in [0.2, 0.25) is 5.02 Å². The van der Waals surface area contributed by atoms with Crippen molar-refractivity contribution in [2.45, 2.75) is 31.6 Å². The van der Waals surface area contributed by atoms with Crippen molar-refractivity contribution in [1.29, 1.82) is 0 Å². The first-order chi connectivity index (χ1) is 12.8. The fourth-order valence-corrected chi connectivity index (χ4v) is 4.99. The highest BCUT2D eigenvalue weighted by Crippen LogP contribution is 2.26. The van der Waals surface area contributed by atoms with E-state index in [9.17, 15) is 13.2 Å². The van der Waals surface area contributed by atoms with Crippen LogP contribution in [0.25, 0.3) is 0 Å². The molecule has 2 aromatic rings. The Morgan fingerprint density at radius 2 is 1.85 bits per heavy atom. The van der Waals surface area contributed by atoms with Crippen LogP contribution in [0.1, 0.15) is 24.0 Å². The monoisotopic (exact) mass is 406 g/mol. The molecule has 1 aliphatic heterocycles. The molecule has 0 aliphatic carbocycles. The van der Waals surface area contributed by atoms with Gasteiger partial charge in [0.2, 0.25) is 15.9 Å². The summed E-state index contributed by atoms with van der Waals surface area (Å²) in [5.74, 6) is -0.543. The van der Waals surface area contributed by atoms with Crippen LogP contribution in [0, 0.1) is 19.8 Å². The van der Waals surface area contributed by atoms with Gasteiger partial charge in [-0.05, 0) is 62.6 Å². The van der Waals surface area contributed by atoms with E-state index in [-0.39, 0.29) is 23.3 Å². The zero-order valence-electron chi connectivity index (χ0n) is 15.4. The number of nitrogens with one attached hydrogen (secondary N) is 1. The predicted molar refractivity (Wildman–Crippen MR) is 107 cm³/mol. The highest BCUT2D eigenvalue weighted by Gasteiger charge is 2.33. The smallest absolute Gasteiger partial charge is 0.243 e. The molecule has 0 spiro atoms. The number of carbonyl (C=O) groups is 1. The summed E-state index contributed by atoms with van der Waals surface area (Å²) in [7, 11) is -3.60. The molecule has 0 aromatic heterocycles. The van der Waals surface area contributed by atoms with E-state index in [1.807, 2.05) is 13.8 Å². The van der Waals surface area contributed by atoms with Crippen LogP contribution in [0.15, 0.2) is 47.4 Å². The molecule has 1 fully saturated rings. The third-order valence-electron chi connectivity index (χ3n) is 4.86. The number of halogens is 1. The number of carbonyl (C=O) groups excluding carboxylic acids is 1. The Balaban J connectivity index is 1.73. The van der Waals surface area contributed by atoms with Gasteiger partial charge in [0.25, 0.3) is 0 Å². The Labute approximate surface area is 165 Å². The number of amides is 1. The average Bonchev–Trinajstić information content (AvgIpc) is 2.64. The molecule has 27 heavy (non-hydrogen) atoms. The number of piperidine rings is 1. The van der Waals surface area contributed by atoms with Crippen LogP contribution in [0.3, 0.4) is 0 Å². The van der Waals surface area contributed by atoms with Gasteiger partial charge < -0.3 is 5.32 Å². The highest BCUT2D eigenvalue weighted by atomic mass is 35.5. The van der Waals surface area contributed by atoms with Crippen molar-refractivity contribution in [3.63, 3.8) is 0 Å². The van der Waals surface area contributed by atoms with E-state index in [2.05, 4.69) is 5.32 Å². The molecule has 1 atom stereocenters. The minimum Gasteiger partial charge on any atom is -0.326 e. The minimum atomic E-state index is -3.60. The molecule has 7 heteroatoms. The first-order valence-corrected chi connectivity index (χ1v) is 10.7. The summed E-state index contributed by atoms with van der Waals surface area (Å²) in [5.41, 5.74) is 2.57. The van der Waals surface area contributed by atoms with Gasteiger partial charge in [-0.1, -0.05) is 29.3 Å². The number of hydrogen-bond acceptors (Lipinski definition) is 3. The molecule has 1 heterocycles. The fraction of sp³-hybridized carbons (Fsp3) is 0.350. The predicted octanol–water partition coefficient (Wildman–Crippen LogP) is 4.00. The van der Waals surface area contributed by atoms with E-state index in [1.165, 1.54) is 4.31 Å². The van der Waals surface area contributed by atoms with E-state index in [1.54, 1.807) is 42.5 Å². The van der Waals surface area contributed by atoms with Crippen LogP contribution in [0.5, 0.6) is 0 Å². The molecule has 0 saturated carbocycles. The Bertz CT molecular complexity index is 942. The molecule has 3 rings (SSSR count). The molecule has 2 aromatic carbocycles. The Morgan fingerprint density at radius 1 is 1.15 bits per heavy atom. The highest BCUT2D eigenvalue weighted by molar-refractivity contribution is 7.89. The number of benzene rings is 2. The zero-order valence-corrected chi connectivity index (χ0v) is 17.0. The maximum Gasteiger partial charge on any atom is 0.243 e. The van der Waals surface area contributed by atoms with Crippen molar-refractivity contribution in [2.75, 3.05) is 18.4 Å². The lowest BCUT2D eigenvalue weighted by Gasteiger charge is -2.31. The van der Waals surface area contributed by atoms with Crippen LogP contribution in [-0.4, -0.2) is 31.7 Å². The summed E-state index contributed by atoms with van der Waals surface area (Å²) in [6, 6.07) is 12.1. The third-order valence-corrected chi connectivity index (χ3v) is 6.97. The maximum atomic E-state index is 12.9. The van der Waals surface area contributed by atoms with Crippen LogP contribution in [-0.2, 0) is 14.8 Å². The summed E-state index contributed by atoms with van der Waals surface area (Å²) in [5, 5.41) is 3.52. The maximum absolute atomic E-state index is 12.9. The van der Waals surface area contributed by atoms with Crippen molar-refractivity contribution in [3.8, 4) is 0 Å². The number of sulfonamides is 1. The van der Waals surface area contributed by atoms with E-state index in [4.69, 9.17) is 11.6 Å². The standard InChI is InChI=1S/C20H23ClN2O3S/c1-14-5-8-18(9-6-14)27(25,26)23-11-3-4-16(13-23)20(24)22-19-10-7-17(21)12-15(19)2/h5-10,12,16H,3-4,11,13H2,1-2H3,(H,22,24)/t16-/m1/s1. The van der Waals surface area contributed by atoms with E-state index >= 15 is 0 Å². The zero-order chi connectivity index (χ0) is 19.6. The Kier molecular flexibility index (Phi) is 5.89. The molecule has 0 radical (unpaired) electrons. The van der Waals surface area contributed by atoms with Gasteiger partial charge in [-0.2, -0.15) is 4.31 Å². The first-order valence-electron chi connectivity index (χ1n) is 8.91. The van der Waals surface area contributed by atoms with Crippen LogP contribution in [0.4, 0.5) is 5.69 Å². The minimum absolute atomic E-state index is 0.163. The van der Waals surface area contributed by atoms with Gasteiger partial charge in [0, 0.05) is 23.8 Å². The molecule has 0 unspecified atom stereocenters. The lowest BCUT2D eigenvalue weighted by Crippen LogP contribution is -2.43. The van der Waals surface area contributed by atoms with Gasteiger partial charge in [-0.25, -0.2) is 8.42 Å². The van der Waals surface area contributed by atoms with Crippen molar-refractivity contribution in [1.82, 2.24) is 4.31 Å². The molecule has 144 valence electrons. The number of rotatable bonds is 4. The number of anilines is 1. The molecule has 1 aliphatic rings. The van der Waals surface area contributed by atoms with Crippen molar-refractivity contribution >= 4 is 33.2 Å². The van der Waals surface area contributed by atoms with Gasteiger partial charge in [0.05, 0.1) is 10.8 Å². The summed E-state index contributed by atoms with van der Waals surface area (Å²) in [4.78, 5) is 13.0. The quantitative estimate of drug-likeness (QED) is 0.834. The lowest BCUT2D eigenvalue weighted by atomic mass is 9.98. The molecular weight excluding hydrogens is 384 g/mol. The second-order valence-electron chi connectivity index (χ2n) is 6.96. The van der Waals surface area contributed by atoms with E-state index in [0.717, 1.165) is 11.1 Å².